The van der Waals surface area contributed by atoms with Crippen LogP contribution in [0.5, 0.6) is 0 Å². The van der Waals surface area contributed by atoms with Crippen LogP contribution in [0.4, 0.5) is 0 Å². The molecule has 0 saturated heterocycles. The first-order valence-electron chi connectivity index (χ1n) is 3.68. The first-order valence-corrected chi connectivity index (χ1v) is 4.88. The van der Waals surface area contributed by atoms with Crippen LogP contribution >= 0.6 is 22.9 Å². The van der Waals surface area contributed by atoms with Gasteiger partial charge in [0.15, 0.2) is 0 Å². The minimum absolute atomic E-state index is 0.0275. The summed E-state index contributed by atoms with van der Waals surface area (Å²) in [5.74, 6) is 0. The number of methoxy groups -OCH3 is 1. The molecule has 0 aliphatic rings. The van der Waals surface area contributed by atoms with Crippen molar-refractivity contribution < 1.29 is 4.74 Å². The van der Waals surface area contributed by atoms with Gasteiger partial charge in [-0.2, -0.15) is 0 Å². The van der Waals surface area contributed by atoms with E-state index >= 15 is 0 Å². The van der Waals surface area contributed by atoms with E-state index in [1.807, 2.05) is 19.1 Å². The Morgan fingerprint density at radius 2 is 2.25 bits per heavy atom. The normalized spacial score (nSPS) is 16.0. The number of ether oxygens (including phenoxy) is 1. The first-order chi connectivity index (χ1) is 5.65. The van der Waals surface area contributed by atoms with Crippen LogP contribution in [0, 0.1) is 0 Å². The molecular weight excluding hydrogens is 194 g/mol. The van der Waals surface area contributed by atoms with E-state index in [0.717, 1.165) is 9.21 Å². The fourth-order valence-corrected chi connectivity index (χ4v) is 2.04. The van der Waals surface area contributed by atoms with Crippen LogP contribution in [0.15, 0.2) is 12.1 Å². The van der Waals surface area contributed by atoms with Crippen LogP contribution in [0.25, 0.3) is 0 Å². The number of thiophene rings is 1. The molecule has 2 nitrogen and oxygen atoms in total. The third-order valence-electron chi connectivity index (χ3n) is 1.80. The predicted molar refractivity (Wildman–Crippen MR) is 52.7 cm³/mol. The van der Waals surface area contributed by atoms with Crippen molar-refractivity contribution >= 4 is 22.9 Å². The number of rotatable bonds is 3. The first kappa shape index (κ1) is 9.99. The van der Waals surface area contributed by atoms with E-state index in [4.69, 9.17) is 22.1 Å². The molecule has 2 N–H and O–H groups in total. The van der Waals surface area contributed by atoms with Gasteiger partial charge < -0.3 is 10.5 Å². The zero-order valence-electron chi connectivity index (χ0n) is 7.08. The summed E-state index contributed by atoms with van der Waals surface area (Å²) in [4.78, 5) is 1.06. The average Bonchev–Trinajstić information content (AvgIpc) is 2.49. The molecule has 1 aromatic rings. The highest BCUT2D eigenvalue weighted by Gasteiger charge is 2.15. The maximum atomic E-state index is 5.89. The minimum atomic E-state index is -0.0764. The van der Waals surface area contributed by atoms with Crippen LogP contribution in [0.3, 0.4) is 0 Å². The maximum Gasteiger partial charge on any atom is 0.0931 e. The van der Waals surface area contributed by atoms with Gasteiger partial charge in [-0.05, 0) is 19.1 Å². The largest absolute Gasteiger partial charge is 0.380 e. The molecule has 0 amide bonds. The van der Waals surface area contributed by atoms with Crippen molar-refractivity contribution in [2.75, 3.05) is 7.11 Å². The molecule has 0 spiro atoms. The van der Waals surface area contributed by atoms with Gasteiger partial charge in [-0.3, -0.25) is 0 Å². The van der Waals surface area contributed by atoms with E-state index in [9.17, 15) is 0 Å². The fourth-order valence-electron chi connectivity index (χ4n) is 0.885. The molecule has 68 valence electrons. The van der Waals surface area contributed by atoms with Gasteiger partial charge in [0.2, 0.25) is 0 Å². The van der Waals surface area contributed by atoms with E-state index in [0.29, 0.717) is 0 Å². The third kappa shape index (κ3) is 2.20. The van der Waals surface area contributed by atoms with E-state index in [1.165, 1.54) is 11.3 Å². The zero-order valence-corrected chi connectivity index (χ0v) is 8.65. The van der Waals surface area contributed by atoms with E-state index in [1.54, 1.807) is 7.11 Å². The van der Waals surface area contributed by atoms with Crippen molar-refractivity contribution in [3.05, 3.63) is 21.3 Å². The van der Waals surface area contributed by atoms with Gasteiger partial charge in [-0.1, -0.05) is 11.6 Å². The lowest BCUT2D eigenvalue weighted by Gasteiger charge is -2.16. The lowest BCUT2D eigenvalue weighted by molar-refractivity contribution is 0.0966. The SMILES string of the molecule is COC(C)C(N)c1ccc(Cl)s1. The summed E-state index contributed by atoms with van der Waals surface area (Å²) in [5.41, 5.74) is 5.89. The molecule has 0 aliphatic heterocycles. The molecule has 2 unspecified atom stereocenters. The average molecular weight is 206 g/mol. The van der Waals surface area contributed by atoms with Crippen LogP contribution in [-0.2, 0) is 4.74 Å². The van der Waals surface area contributed by atoms with Crippen molar-refractivity contribution in [2.45, 2.75) is 19.1 Å². The van der Waals surface area contributed by atoms with Gasteiger partial charge in [0.25, 0.3) is 0 Å². The second kappa shape index (κ2) is 4.23. The summed E-state index contributed by atoms with van der Waals surface area (Å²) < 4.78 is 5.88. The van der Waals surface area contributed by atoms with Gasteiger partial charge in [0.05, 0.1) is 16.5 Å². The van der Waals surface area contributed by atoms with E-state index in [-0.39, 0.29) is 12.1 Å². The third-order valence-corrected chi connectivity index (χ3v) is 3.13. The molecular formula is C8H12ClNOS. The molecule has 0 aliphatic carbocycles. The van der Waals surface area contributed by atoms with Crippen molar-refractivity contribution in [3.8, 4) is 0 Å². The van der Waals surface area contributed by atoms with Crippen molar-refractivity contribution in [2.24, 2.45) is 5.73 Å². The summed E-state index contributed by atoms with van der Waals surface area (Å²) in [6.07, 6.45) is 0.0275. The van der Waals surface area contributed by atoms with E-state index < -0.39 is 0 Å². The van der Waals surface area contributed by atoms with E-state index in [2.05, 4.69) is 0 Å². The highest BCUT2D eigenvalue weighted by atomic mass is 35.5. The van der Waals surface area contributed by atoms with Crippen LogP contribution in [0.1, 0.15) is 17.8 Å². The monoisotopic (exact) mass is 205 g/mol. The summed E-state index contributed by atoms with van der Waals surface area (Å²) >= 11 is 7.27. The van der Waals surface area contributed by atoms with Gasteiger partial charge >= 0.3 is 0 Å². The molecule has 2 atom stereocenters. The number of nitrogens with two attached hydrogens (primary N) is 1. The molecule has 4 heteroatoms. The predicted octanol–water partition coefficient (Wildman–Crippen LogP) is 2.44. The maximum absolute atomic E-state index is 5.89. The Balaban J connectivity index is 2.70. The lowest BCUT2D eigenvalue weighted by Crippen LogP contribution is -2.24. The van der Waals surface area contributed by atoms with Crippen LogP contribution in [-0.4, -0.2) is 13.2 Å². The molecule has 0 fully saturated rings. The standard InChI is InChI=1S/C8H12ClNOS/c1-5(11-2)8(10)6-3-4-7(9)12-6/h3-5,8H,10H2,1-2H3. The number of halogens is 1. The summed E-state index contributed by atoms with van der Waals surface area (Å²) in [6.45, 7) is 1.94. The molecule has 0 radical (unpaired) electrons. The van der Waals surface area contributed by atoms with Gasteiger partial charge in [-0.25, -0.2) is 0 Å². The Hall–Kier alpha value is -0.0900. The molecule has 1 aromatic heterocycles. The molecule has 12 heavy (non-hydrogen) atoms. The smallest absolute Gasteiger partial charge is 0.0931 e. The Bertz CT molecular complexity index is 251. The fraction of sp³-hybridized carbons (Fsp3) is 0.500. The minimum Gasteiger partial charge on any atom is -0.380 e. The molecule has 1 rings (SSSR count). The molecule has 0 saturated carbocycles. The highest BCUT2D eigenvalue weighted by Crippen LogP contribution is 2.27. The van der Waals surface area contributed by atoms with Gasteiger partial charge in [0.1, 0.15) is 0 Å². The summed E-state index contributed by atoms with van der Waals surface area (Å²) in [7, 11) is 1.65. The van der Waals surface area contributed by atoms with Gasteiger partial charge in [-0.15, -0.1) is 11.3 Å². The molecule has 0 bridgehead atoms. The van der Waals surface area contributed by atoms with Crippen LogP contribution in [0.2, 0.25) is 4.34 Å². The lowest BCUT2D eigenvalue weighted by atomic mass is 10.1. The number of hydrogen-bond donors (Lipinski definition) is 1. The van der Waals surface area contributed by atoms with Crippen LogP contribution < -0.4 is 5.73 Å². The van der Waals surface area contributed by atoms with Crippen molar-refractivity contribution in [3.63, 3.8) is 0 Å². The Kier molecular flexibility index (Phi) is 3.53. The Labute approximate surface area is 81.3 Å². The quantitative estimate of drug-likeness (QED) is 0.823. The Morgan fingerprint density at radius 3 is 2.67 bits per heavy atom. The highest BCUT2D eigenvalue weighted by molar-refractivity contribution is 7.16. The second-order valence-electron chi connectivity index (χ2n) is 2.61. The zero-order chi connectivity index (χ0) is 9.14. The van der Waals surface area contributed by atoms with Gasteiger partial charge in [0, 0.05) is 12.0 Å². The second-order valence-corrected chi connectivity index (χ2v) is 4.36. The van der Waals surface area contributed by atoms with Crippen molar-refractivity contribution in [1.29, 1.82) is 0 Å². The molecule has 1 heterocycles. The summed E-state index contributed by atoms with van der Waals surface area (Å²) in [6, 6.07) is 3.71. The Morgan fingerprint density at radius 1 is 1.58 bits per heavy atom. The molecule has 0 aromatic carbocycles. The topological polar surface area (TPSA) is 35.2 Å². The summed E-state index contributed by atoms with van der Waals surface area (Å²) in [5, 5.41) is 0. The van der Waals surface area contributed by atoms with Crippen molar-refractivity contribution in [1.82, 2.24) is 0 Å². The number of hydrogen-bond acceptors (Lipinski definition) is 3.